The van der Waals surface area contributed by atoms with Crippen LogP contribution >= 0.6 is 0 Å². The van der Waals surface area contributed by atoms with Crippen LogP contribution in [0.1, 0.15) is 52.8 Å². The van der Waals surface area contributed by atoms with Gasteiger partial charge >= 0.3 is 0 Å². The molecular weight excluding hydrogens is 426 g/mol. The van der Waals surface area contributed by atoms with E-state index in [1.54, 1.807) is 6.20 Å². The van der Waals surface area contributed by atoms with Gasteiger partial charge in [0, 0.05) is 29.3 Å². The highest BCUT2D eigenvalue weighted by Gasteiger charge is 2.29. The first-order valence-electron chi connectivity index (χ1n) is 10.6. The maximum absolute atomic E-state index is 14.6. The molecule has 6 heteroatoms. The first-order chi connectivity index (χ1) is 14.9. The molecule has 0 spiro atoms. The Labute approximate surface area is 191 Å². The molecule has 0 N–H and O–H groups in total. The molecular formula is C26H30F2N2OS. The summed E-state index contributed by atoms with van der Waals surface area (Å²) in [7, 11) is -1.47. The van der Waals surface area contributed by atoms with Gasteiger partial charge in [-0.05, 0) is 50.6 Å². The van der Waals surface area contributed by atoms with Gasteiger partial charge in [-0.3, -0.25) is 0 Å². The van der Waals surface area contributed by atoms with Crippen molar-refractivity contribution >= 4 is 16.7 Å². The lowest BCUT2D eigenvalue weighted by atomic mass is 9.88. The molecule has 0 bridgehead atoms. The summed E-state index contributed by atoms with van der Waals surface area (Å²) in [6.45, 7) is 12.2. The van der Waals surface area contributed by atoms with Gasteiger partial charge in [0.15, 0.2) is 0 Å². The minimum atomic E-state index is -1.47. The third-order valence-electron chi connectivity index (χ3n) is 4.98. The fourth-order valence-corrected chi connectivity index (χ4v) is 4.08. The minimum Gasteiger partial charge on any atom is -0.341 e. The molecule has 0 saturated heterocycles. The average Bonchev–Trinajstić information content (AvgIpc) is 3.09. The summed E-state index contributed by atoms with van der Waals surface area (Å²) in [6.07, 6.45) is 1.81. The first-order valence-corrected chi connectivity index (χ1v) is 11.7. The second-order valence-corrected chi connectivity index (χ2v) is 11.8. The summed E-state index contributed by atoms with van der Waals surface area (Å²) in [5.41, 5.74) is 2.75. The Kier molecular flexibility index (Phi) is 6.84. The summed E-state index contributed by atoms with van der Waals surface area (Å²) < 4.78 is 47.5. The van der Waals surface area contributed by atoms with Gasteiger partial charge in [-0.2, -0.15) is 4.40 Å². The van der Waals surface area contributed by atoms with Gasteiger partial charge < -0.3 is 4.57 Å². The molecule has 3 nitrogen and oxygen atoms in total. The summed E-state index contributed by atoms with van der Waals surface area (Å²) in [4.78, 5) is 0. The van der Waals surface area contributed by atoms with Crippen LogP contribution in [-0.2, 0) is 17.5 Å². The van der Waals surface area contributed by atoms with E-state index in [0.717, 1.165) is 23.4 Å². The maximum atomic E-state index is 14.6. The van der Waals surface area contributed by atoms with Crippen molar-refractivity contribution in [1.29, 1.82) is 0 Å². The van der Waals surface area contributed by atoms with Crippen molar-refractivity contribution in [2.75, 3.05) is 0 Å². The van der Waals surface area contributed by atoms with E-state index in [-0.39, 0.29) is 5.56 Å². The highest BCUT2D eigenvalue weighted by molar-refractivity contribution is 7.85. The second-order valence-electron chi connectivity index (χ2n) is 9.90. The Morgan fingerprint density at radius 3 is 2.22 bits per heavy atom. The molecule has 0 aliphatic carbocycles. The molecule has 0 fully saturated rings. The predicted molar refractivity (Wildman–Crippen MR) is 129 cm³/mol. The third-order valence-corrected chi connectivity index (χ3v) is 6.38. The summed E-state index contributed by atoms with van der Waals surface area (Å²) in [5.74, 6) is -1.00. The van der Waals surface area contributed by atoms with Crippen molar-refractivity contribution in [3.05, 3.63) is 83.7 Å². The van der Waals surface area contributed by atoms with Crippen molar-refractivity contribution in [3.63, 3.8) is 0 Å². The second kappa shape index (κ2) is 9.10. The van der Waals surface area contributed by atoms with Crippen LogP contribution in [0.25, 0.3) is 11.1 Å². The number of aromatic nitrogens is 1. The zero-order valence-electron chi connectivity index (χ0n) is 19.4. The number of halogens is 2. The molecule has 0 saturated carbocycles. The molecule has 0 aliphatic heterocycles. The van der Waals surface area contributed by atoms with E-state index in [2.05, 4.69) is 4.40 Å². The van der Waals surface area contributed by atoms with Gasteiger partial charge in [-0.1, -0.05) is 51.1 Å². The largest absolute Gasteiger partial charge is 0.341 e. The van der Waals surface area contributed by atoms with E-state index in [1.165, 1.54) is 6.07 Å². The fraction of sp³-hybridized carbons (Fsp3) is 0.346. The van der Waals surface area contributed by atoms with E-state index in [4.69, 9.17) is 0 Å². The molecule has 0 radical (unpaired) electrons. The quantitative estimate of drug-likeness (QED) is 0.390. The standard InChI is InChI=1S/C26H30F2N2OS/c1-25(2,3)24(29-32(31)26(4,5)6)23-14-19(21-15-20(27)12-13-22(21)28)17-30(23)16-18-10-8-7-9-11-18/h7-15,17H,16H2,1-6H3/t32-/m0/s1. The number of hydrogen-bond acceptors (Lipinski definition) is 1. The van der Waals surface area contributed by atoms with Gasteiger partial charge in [0.1, 0.15) is 22.6 Å². The van der Waals surface area contributed by atoms with Crippen LogP contribution in [0, 0.1) is 17.0 Å². The average molecular weight is 457 g/mol. The molecule has 170 valence electrons. The van der Waals surface area contributed by atoms with E-state index in [9.17, 15) is 13.0 Å². The SMILES string of the molecule is CC(C)(C)C(=N[S@@](=O)C(C)(C)C)c1cc(-c2cc(F)ccc2F)cn1Cc1ccccc1. The van der Waals surface area contributed by atoms with E-state index in [1.807, 2.05) is 82.5 Å². The van der Waals surface area contributed by atoms with Crippen molar-refractivity contribution in [1.82, 2.24) is 4.57 Å². The molecule has 1 heterocycles. The third kappa shape index (κ3) is 5.60. The molecule has 1 aromatic heterocycles. The first kappa shape index (κ1) is 24.1. The van der Waals surface area contributed by atoms with Crippen LogP contribution in [0.2, 0.25) is 0 Å². The Hall–Kier alpha value is -2.60. The summed E-state index contributed by atoms with van der Waals surface area (Å²) in [5, 5.41) is 0. The summed E-state index contributed by atoms with van der Waals surface area (Å²) in [6, 6.07) is 15.1. The van der Waals surface area contributed by atoms with Gasteiger partial charge in [0.2, 0.25) is 0 Å². The lowest BCUT2D eigenvalue weighted by Crippen LogP contribution is -2.28. The lowest BCUT2D eigenvalue weighted by molar-refractivity contribution is 0.585. The molecule has 32 heavy (non-hydrogen) atoms. The predicted octanol–water partition coefficient (Wildman–Crippen LogP) is 6.78. The van der Waals surface area contributed by atoms with Gasteiger partial charge in [0.25, 0.3) is 0 Å². The zero-order valence-corrected chi connectivity index (χ0v) is 20.3. The number of hydrogen-bond donors (Lipinski definition) is 0. The molecule has 1 atom stereocenters. The Bertz CT molecular complexity index is 1150. The van der Waals surface area contributed by atoms with Gasteiger partial charge in [0.05, 0.1) is 16.2 Å². The van der Waals surface area contributed by atoms with Crippen LogP contribution in [0.4, 0.5) is 8.78 Å². The number of benzene rings is 2. The monoisotopic (exact) mass is 456 g/mol. The van der Waals surface area contributed by atoms with Crippen molar-refractivity contribution in [2.45, 2.75) is 52.8 Å². The molecule has 0 unspecified atom stereocenters. The van der Waals surface area contributed by atoms with E-state index >= 15 is 0 Å². The zero-order chi connectivity index (χ0) is 23.7. The molecule has 3 aromatic rings. The topological polar surface area (TPSA) is 34.4 Å². The molecule has 2 aromatic carbocycles. The summed E-state index contributed by atoms with van der Waals surface area (Å²) >= 11 is 0. The van der Waals surface area contributed by atoms with Crippen LogP contribution in [0.15, 0.2) is 65.2 Å². The van der Waals surface area contributed by atoms with Crippen LogP contribution in [-0.4, -0.2) is 19.2 Å². The van der Waals surface area contributed by atoms with Crippen LogP contribution < -0.4 is 0 Å². The van der Waals surface area contributed by atoms with E-state index < -0.39 is 32.8 Å². The number of nitrogens with zero attached hydrogens (tertiary/aromatic N) is 2. The van der Waals surface area contributed by atoms with Gasteiger partial charge in [-0.15, -0.1) is 0 Å². The molecule has 3 rings (SSSR count). The lowest BCUT2D eigenvalue weighted by Gasteiger charge is -2.24. The highest BCUT2D eigenvalue weighted by atomic mass is 32.2. The van der Waals surface area contributed by atoms with Crippen molar-refractivity contribution < 1.29 is 13.0 Å². The van der Waals surface area contributed by atoms with Crippen LogP contribution in [0.5, 0.6) is 0 Å². The normalized spacial score (nSPS) is 13.9. The smallest absolute Gasteiger partial charge is 0.145 e. The number of rotatable bonds is 5. The fourth-order valence-electron chi connectivity index (χ4n) is 3.27. The minimum absolute atomic E-state index is 0.184. The maximum Gasteiger partial charge on any atom is 0.145 e. The van der Waals surface area contributed by atoms with Gasteiger partial charge in [-0.25, -0.2) is 13.0 Å². The van der Waals surface area contributed by atoms with E-state index in [0.29, 0.717) is 17.8 Å². The van der Waals surface area contributed by atoms with Crippen molar-refractivity contribution in [3.8, 4) is 11.1 Å². The Balaban J connectivity index is 2.23. The highest BCUT2D eigenvalue weighted by Crippen LogP contribution is 2.31. The Morgan fingerprint density at radius 2 is 1.62 bits per heavy atom. The van der Waals surface area contributed by atoms with Crippen LogP contribution in [0.3, 0.4) is 0 Å². The Morgan fingerprint density at radius 1 is 0.969 bits per heavy atom. The van der Waals surface area contributed by atoms with Crippen molar-refractivity contribution in [2.24, 2.45) is 9.81 Å². The molecule has 0 amide bonds. The molecule has 0 aliphatic rings.